The Kier molecular flexibility index (Phi) is 4.68. The van der Waals surface area contributed by atoms with Crippen molar-refractivity contribution in [3.8, 4) is 5.95 Å². The van der Waals surface area contributed by atoms with Crippen LogP contribution in [0.3, 0.4) is 0 Å². The lowest BCUT2D eigenvalue weighted by molar-refractivity contribution is -0.119. The number of unbranched alkanes of at least 4 members (excludes halogenated alkanes) is 1. The summed E-state index contributed by atoms with van der Waals surface area (Å²) < 4.78 is 1.63. The smallest absolute Gasteiger partial charge is 0.236 e. The molecule has 0 saturated heterocycles. The van der Waals surface area contributed by atoms with Gasteiger partial charge in [0, 0.05) is 12.4 Å². The normalized spacial score (nSPS) is 12.3. The van der Waals surface area contributed by atoms with Gasteiger partial charge in [0.15, 0.2) is 0 Å². The molecule has 0 radical (unpaired) electrons. The first kappa shape index (κ1) is 14.5. The maximum Gasteiger partial charge on any atom is 0.236 e. The molecule has 7 heteroatoms. The Bertz CT molecular complexity index is 584. The van der Waals surface area contributed by atoms with Crippen molar-refractivity contribution in [1.82, 2.24) is 19.5 Å². The predicted octanol–water partition coefficient (Wildman–Crippen LogP) is 2.07. The first-order chi connectivity index (χ1) is 9.61. The van der Waals surface area contributed by atoms with E-state index in [1.54, 1.807) is 29.4 Å². The van der Waals surface area contributed by atoms with E-state index in [9.17, 15) is 4.79 Å². The van der Waals surface area contributed by atoms with Crippen LogP contribution in [0.1, 0.15) is 37.8 Å². The van der Waals surface area contributed by atoms with Crippen molar-refractivity contribution in [2.24, 2.45) is 5.73 Å². The van der Waals surface area contributed by atoms with Gasteiger partial charge in [-0.15, -0.1) is 0 Å². The van der Waals surface area contributed by atoms with Gasteiger partial charge in [-0.1, -0.05) is 31.4 Å². The van der Waals surface area contributed by atoms with Gasteiger partial charge >= 0.3 is 0 Å². The monoisotopic (exact) mass is 293 g/mol. The van der Waals surface area contributed by atoms with Crippen LogP contribution in [-0.2, 0) is 4.79 Å². The Morgan fingerprint density at radius 3 is 2.90 bits per heavy atom. The van der Waals surface area contributed by atoms with Crippen molar-refractivity contribution in [1.29, 1.82) is 0 Å². The number of nitrogens with zero attached hydrogens (tertiary/aromatic N) is 4. The standard InChI is InChI=1S/C13H16ClN5O/c1-2-3-4-9(12(15)20)10-7-11(14)18-13(17-10)19-6-5-16-8-19/h5-9H,2-4H2,1H3,(H2,15,20). The molecule has 2 heterocycles. The van der Waals surface area contributed by atoms with Crippen molar-refractivity contribution >= 4 is 17.5 Å². The molecule has 0 aliphatic carbocycles. The van der Waals surface area contributed by atoms with Crippen LogP contribution < -0.4 is 5.73 Å². The maximum atomic E-state index is 11.6. The molecule has 0 saturated carbocycles. The number of primary amides is 1. The van der Waals surface area contributed by atoms with Gasteiger partial charge in [-0.25, -0.2) is 15.0 Å². The Morgan fingerprint density at radius 2 is 2.30 bits per heavy atom. The molecule has 0 aliphatic rings. The van der Waals surface area contributed by atoms with Crippen LogP contribution in [-0.4, -0.2) is 25.4 Å². The fourth-order valence-electron chi connectivity index (χ4n) is 1.94. The summed E-state index contributed by atoms with van der Waals surface area (Å²) in [4.78, 5) is 24.1. The molecule has 2 rings (SSSR count). The number of nitrogens with two attached hydrogens (primary N) is 1. The molecule has 0 fully saturated rings. The molecular weight excluding hydrogens is 278 g/mol. The Balaban J connectivity index is 2.37. The van der Waals surface area contributed by atoms with Crippen molar-refractivity contribution in [2.75, 3.05) is 0 Å². The van der Waals surface area contributed by atoms with Crippen LogP contribution in [0.15, 0.2) is 24.8 Å². The number of carbonyl (C=O) groups excluding carboxylic acids is 1. The molecule has 1 amide bonds. The maximum absolute atomic E-state index is 11.6. The summed E-state index contributed by atoms with van der Waals surface area (Å²) >= 11 is 6.01. The highest BCUT2D eigenvalue weighted by atomic mass is 35.5. The third kappa shape index (κ3) is 3.33. The number of amides is 1. The summed E-state index contributed by atoms with van der Waals surface area (Å²) in [5.41, 5.74) is 6.02. The van der Waals surface area contributed by atoms with Crippen LogP contribution in [0.25, 0.3) is 5.95 Å². The quantitative estimate of drug-likeness (QED) is 0.826. The van der Waals surface area contributed by atoms with Gasteiger partial charge in [-0.3, -0.25) is 9.36 Å². The highest BCUT2D eigenvalue weighted by Gasteiger charge is 2.20. The van der Waals surface area contributed by atoms with E-state index >= 15 is 0 Å². The molecule has 1 atom stereocenters. The van der Waals surface area contributed by atoms with Gasteiger partial charge < -0.3 is 5.73 Å². The van der Waals surface area contributed by atoms with E-state index in [1.165, 1.54) is 0 Å². The molecule has 2 aromatic heterocycles. The second-order valence-electron chi connectivity index (χ2n) is 4.48. The van der Waals surface area contributed by atoms with Crippen LogP contribution in [0.2, 0.25) is 5.15 Å². The summed E-state index contributed by atoms with van der Waals surface area (Å²) in [5.74, 6) is -0.463. The van der Waals surface area contributed by atoms with Crippen molar-refractivity contribution < 1.29 is 4.79 Å². The zero-order chi connectivity index (χ0) is 14.5. The minimum atomic E-state index is -0.447. The first-order valence-electron chi connectivity index (χ1n) is 6.44. The lowest BCUT2D eigenvalue weighted by Gasteiger charge is -2.13. The number of halogens is 1. The van der Waals surface area contributed by atoms with Gasteiger partial charge in [-0.05, 0) is 12.5 Å². The molecule has 2 aromatic rings. The van der Waals surface area contributed by atoms with Crippen LogP contribution in [0, 0.1) is 0 Å². The van der Waals surface area contributed by atoms with Crippen LogP contribution in [0.4, 0.5) is 0 Å². The van der Waals surface area contributed by atoms with Crippen molar-refractivity contribution in [3.63, 3.8) is 0 Å². The van der Waals surface area contributed by atoms with Gasteiger partial charge in [0.2, 0.25) is 11.9 Å². The average Bonchev–Trinajstić information content (AvgIpc) is 2.92. The molecule has 0 aliphatic heterocycles. The third-order valence-electron chi connectivity index (χ3n) is 2.99. The number of hydrogen-bond donors (Lipinski definition) is 1. The lowest BCUT2D eigenvalue weighted by Crippen LogP contribution is -2.23. The topological polar surface area (TPSA) is 86.7 Å². The summed E-state index contributed by atoms with van der Waals surface area (Å²) in [5, 5.41) is 0.279. The third-order valence-corrected chi connectivity index (χ3v) is 3.18. The highest BCUT2D eigenvalue weighted by Crippen LogP contribution is 2.23. The fourth-order valence-corrected chi connectivity index (χ4v) is 2.13. The molecule has 2 N–H and O–H groups in total. The second-order valence-corrected chi connectivity index (χ2v) is 4.87. The molecular formula is C13H16ClN5O. The molecule has 0 aromatic carbocycles. The zero-order valence-corrected chi connectivity index (χ0v) is 11.9. The van der Waals surface area contributed by atoms with Gasteiger partial charge in [0.05, 0.1) is 11.6 Å². The second kappa shape index (κ2) is 6.47. The van der Waals surface area contributed by atoms with E-state index in [0.717, 1.165) is 12.8 Å². The minimum Gasteiger partial charge on any atom is -0.369 e. The SMILES string of the molecule is CCCCC(C(N)=O)c1cc(Cl)nc(-n2ccnc2)n1. The Morgan fingerprint density at radius 1 is 1.50 bits per heavy atom. The summed E-state index contributed by atoms with van der Waals surface area (Å²) in [7, 11) is 0. The molecule has 0 spiro atoms. The van der Waals surface area contributed by atoms with Crippen LogP contribution in [0.5, 0.6) is 0 Å². The largest absolute Gasteiger partial charge is 0.369 e. The van der Waals surface area contributed by atoms with Gasteiger partial charge in [0.25, 0.3) is 0 Å². The molecule has 6 nitrogen and oxygen atoms in total. The summed E-state index contributed by atoms with van der Waals surface area (Å²) in [6.45, 7) is 2.06. The lowest BCUT2D eigenvalue weighted by atomic mass is 9.97. The van der Waals surface area contributed by atoms with Crippen molar-refractivity contribution in [3.05, 3.63) is 35.6 Å². The summed E-state index contributed by atoms with van der Waals surface area (Å²) in [6, 6.07) is 1.59. The van der Waals surface area contributed by atoms with Crippen LogP contribution >= 0.6 is 11.6 Å². The summed E-state index contributed by atoms with van der Waals surface area (Å²) in [6.07, 6.45) is 7.43. The number of hydrogen-bond acceptors (Lipinski definition) is 4. The first-order valence-corrected chi connectivity index (χ1v) is 6.81. The Hall–Kier alpha value is -1.95. The number of imidazole rings is 1. The number of carbonyl (C=O) groups is 1. The van der Waals surface area contributed by atoms with E-state index in [0.29, 0.717) is 18.1 Å². The number of aromatic nitrogens is 4. The predicted molar refractivity (Wildman–Crippen MR) is 75.6 cm³/mol. The molecule has 20 heavy (non-hydrogen) atoms. The highest BCUT2D eigenvalue weighted by molar-refractivity contribution is 6.29. The van der Waals surface area contributed by atoms with Gasteiger partial charge in [0.1, 0.15) is 11.5 Å². The van der Waals surface area contributed by atoms with E-state index in [1.807, 2.05) is 0 Å². The minimum absolute atomic E-state index is 0.279. The Labute approximate surface area is 122 Å². The van der Waals surface area contributed by atoms with E-state index in [2.05, 4.69) is 21.9 Å². The van der Waals surface area contributed by atoms with E-state index < -0.39 is 11.8 Å². The molecule has 0 bridgehead atoms. The van der Waals surface area contributed by atoms with E-state index in [4.69, 9.17) is 17.3 Å². The molecule has 1 unspecified atom stereocenters. The fraction of sp³-hybridized carbons (Fsp3) is 0.385. The van der Waals surface area contributed by atoms with Gasteiger partial charge in [-0.2, -0.15) is 0 Å². The zero-order valence-electron chi connectivity index (χ0n) is 11.2. The van der Waals surface area contributed by atoms with E-state index in [-0.39, 0.29) is 5.15 Å². The average molecular weight is 294 g/mol. The molecule has 106 valence electrons. The van der Waals surface area contributed by atoms with Crippen molar-refractivity contribution in [2.45, 2.75) is 32.1 Å². The number of rotatable bonds is 6.